The van der Waals surface area contributed by atoms with E-state index in [1.807, 2.05) is 27.7 Å². The summed E-state index contributed by atoms with van der Waals surface area (Å²) in [6.45, 7) is 9.89. The van der Waals surface area contributed by atoms with Crippen LogP contribution in [0.2, 0.25) is 5.02 Å². The van der Waals surface area contributed by atoms with Gasteiger partial charge in [0.1, 0.15) is 5.54 Å². The average molecular weight is 288 g/mol. The van der Waals surface area contributed by atoms with Gasteiger partial charge >= 0.3 is 5.97 Å². The quantitative estimate of drug-likeness (QED) is 0.844. The van der Waals surface area contributed by atoms with Crippen molar-refractivity contribution in [1.82, 2.24) is 15.1 Å². The maximum absolute atomic E-state index is 11.4. The van der Waals surface area contributed by atoms with Gasteiger partial charge in [-0.2, -0.15) is 5.10 Å². The number of nitrogens with zero attached hydrogens (tertiary/aromatic N) is 2. The highest BCUT2D eigenvalue weighted by atomic mass is 35.5. The molecule has 0 amide bonds. The van der Waals surface area contributed by atoms with Crippen LogP contribution in [-0.4, -0.2) is 32.9 Å². The molecule has 2 N–H and O–H groups in total. The first-order valence-corrected chi connectivity index (χ1v) is 6.80. The number of carbonyl (C=O) groups is 1. The van der Waals surface area contributed by atoms with Gasteiger partial charge in [-0.25, -0.2) is 0 Å². The standard InChI is InChI=1S/C13H22ClN3O2/c1-6-15-13(5,12(18)19)7-8(2)17-10(4)11(14)9(3)16-17/h8,15H,6-7H2,1-5H3,(H,18,19). The maximum Gasteiger partial charge on any atom is 0.323 e. The number of aromatic nitrogens is 2. The predicted octanol–water partition coefficient (Wildman–Crippen LogP) is 2.56. The number of hydrogen-bond donors (Lipinski definition) is 2. The molecule has 0 aliphatic carbocycles. The first-order chi connectivity index (χ1) is 8.73. The van der Waals surface area contributed by atoms with E-state index in [9.17, 15) is 9.90 Å². The molecule has 2 atom stereocenters. The smallest absolute Gasteiger partial charge is 0.323 e. The maximum atomic E-state index is 11.4. The van der Waals surface area contributed by atoms with Crippen molar-refractivity contribution in [1.29, 1.82) is 0 Å². The van der Waals surface area contributed by atoms with Crippen molar-refractivity contribution in [2.45, 2.75) is 52.6 Å². The third-order valence-corrected chi connectivity index (χ3v) is 3.94. The molecule has 1 aromatic heterocycles. The fourth-order valence-electron chi connectivity index (χ4n) is 2.37. The first kappa shape index (κ1) is 16.0. The number of halogens is 1. The topological polar surface area (TPSA) is 67.2 Å². The third kappa shape index (κ3) is 3.28. The zero-order valence-corrected chi connectivity index (χ0v) is 12.9. The lowest BCUT2D eigenvalue weighted by Crippen LogP contribution is -2.50. The number of carboxylic acid groups (broad SMARTS) is 1. The molecule has 6 heteroatoms. The van der Waals surface area contributed by atoms with E-state index in [1.54, 1.807) is 11.6 Å². The SMILES string of the molecule is CCNC(C)(CC(C)n1nc(C)c(Cl)c1C)C(=O)O. The highest BCUT2D eigenvalue weighted by Gasteiger charge is 2.34. The fraction of sp³-hybridized carbons (Fsp3) is 0.692. The van der Waals surface area contributed by atoms with Crippen LogP contribution in [0.3, 0.4) is 0 Å². The Morgan fingerprint density at radius 2 is 2.16 bits per heavy atom. The Morgan fingerprint density at radius 1 is 1.58 bits per heavy atom. The van der Waals surface area contributed by atoms with Crippen LogP contribution < -0.4 is 5.32 Å². The summed E-state index contributed by atoms with van der Waals surface area (Å²) in [7, 11) is 0. The number of carboxylic acids is 1. The minimum atomic E-state index is -0.965. The number of likely N-dealkylation sites (N-methyl/N-ethyl adjacent to an activating group) is 1. The molecule has 2 unspecified atom stereocenters. The highest BCUT2D eigenvalue weighted by molar-refractivity contribution is 6.31. The van der Waals surface area contributed by atoms with Crippen LogP contribution >= 0.6 is 11.6 Å². The first-order valence-electron chi connectivity index (χ1n) is 6.42. The van der Waals surface area contributed by atoms with E-state index in [1.165, 1.54) is 0 Å². The van der Waals surface area contributed by atoms with Crippen LogP contribution in [0.1, 0.15) is 44.6 Å². The van der Waals surface area contributed by atoms with Gasteiger partial charge in [-0.05, 0) is 40.7 Å². The fourth-order valence-corrected chi connectivity index (χ4v) is 2.50. The predicted molar refractivity (Wildman–Crippen MR) is 75.8 cm³/mol. The minimum Gasteiger partial charge on any atom is -0.480 e. The molecule has 0 radical (unpaired) electrons. The van der Waals surface area contributed by atoms with Gasteiger partial charge in [0.25, 0.3) is 0 Å². The summed E-state index contributed by atoms with van der Waals surface area (Å²) in [6, 6.07) is -0.0497. The van der Waals surface area contributed by atoms with E-state index < -0.39 is 11.5 Å². The second kappa shape index (κ2) is 5.92. The summed E-state index contributed by atoms with van der Waals surface area (Å²) < 4.78 is 1.80. The van der Waals surface area contributed by atoms with Crippen molar-refractivity contribution in [2.24, 2.45) is 0 Å². The van der Waals surface area contributed by atoms with Crippen molar-refractivity contribution in [3.8, 4) is 0 Å². The number of nitrogens with one attached hydrogen (secondary N) is 1. The summed E-state index contributed by atoms with van der Waals surface area (Å²) in [6.07, 6.45) is 0.439. The van der Waals surface area contributed by atoms with Gasteiger partial charge in [-0.3, -0.25) is 9.48 Å². The summed E-state index contributed by atoms with van der Waals surface area (Å²) in [4.78, 5) is 11.4. The van der Waals surface area contributed by atoms with Crippen LogP contribution in [0, 0.1) is 13.8 Å². The molecule has 5 nitrogen and oxygen atoms in total. The number of hydrogen-bond acceptors (Lipinski definition) is 3. The monoisotopic (exact) mass is 287 g/mol. The summed E-state index contributed by atoms with van der Waals surface area (Å²) in [5, 5.41) is 17.4. The summed E-state index contributed by atoms with van der Waals surface area (Å²) in [5.74, 6) is -0.853. The summed E-state index contributed by atoms with van der Waals surface area (Å²) in [5.41, 5.74) is 0.676. The van der Waals surface area contributed by atoms with Crippen LogP contribution in [0.25, 0.3) is 0 Å². The van der Waals surface area contributed by atoms with Gasteiger partial charge in [0.05, 0.1) is 22.5 Å². The number of aliphatic carboxylic acids is 1. The lowest BCUT2D eigenvalue weighted by molar-refractivity contribution is -0.144. The van der Waals surface area contributed by atoms with E-state index in [2.05, 4.69) is 10.4 Å². The van der Waals surface area contributed by atoms with E-state index in [0.717, 1.165) is 11.4 Å². The Hall–Kier alpha value is -1.07. The van der Waals surface area contributed by atoms with Gasteiger partial charge in [0.2, 0.25) is 0 Å². The summed E-state index contributed by atoms with van der Waals surface area (Å²) >= 11 is 6.12. The molecule has 0 aromatic carbocycles. The van der Waals surface area contributed by atoms with Crippen LogP contribution in [0.5, 0.6) is 0 Å². The second-order valence-electron chi connectivity index (χ2n) is 5.15. The van der Waals surface area contributed by atoms with E-state index in [0.29, 0.717) is 18.0 Å². The lowest BCUT2D eigenvalue weighted by atomic mass is 9.93. The molecule has 108 valence electrons. The average Bonchev–Trinajstić information content (AvgIpc) is 2.57. The van der Waals surface area contributed by atoms with Crippen molar-refractivity contribution in [3.05, 3.63) is 16.4 Å². The van der Waals surface area contributed by atoms with Crippen molar-refractivity contribution in [3.63, 3.8) is 0 Å². The zero-order valence-electron chi connectivity index (χ0n) is 12.1. The number of rotatable bonds is 6. The van der Waals surface area contributed by atoms with E-state index in [-0.39, 0.29) is 6.04 Å². The Bertz CT molecular complexity index is 473. The van der Waals surface area contributed by atoms with Gasteiger partial charge in [-0.15, -0.1) is 0 Å². The molecule has 0 saturated carbocycles. The molecule has 1 heterocycles. The van der Waals surface area contributed by atoms with Crippen LogP contribution in [0.4, 0.5) is 0 Å². The Balaban J connectivity index is 2.97. The Kier molecular flexibility index (Phi) is 4.98. The normalized spacial score (nSPS) is 16.1. The van der Waals surface area contributed by atoms with Crippen LogP contribution in [0.15, 0.2) is 0 Å². The molecule has 19 heavy (non-hydrogen) atoms. The second-order valence-corrected chi connectivity index (χ2v) is 5.53. The Morgan fingerprint density at radius 3 is 2.53 bits per heavy atom. The largest absolute Gasteiger partial charge is 0.480 e. The van der Waals surface area contributed by atoms with Crippen molar-refractivity contribution >= 4 is 17.6 Å². The minimum absolute atomic E-state index is 0.0497. The van der Waals surface area contributed by atoms with E-state index >= 15 is 0 Å². The molecule has 0 aliphatic rings. The Labute approximate surface area is 118 Å². The highest BCUT2D eigenvalue weighted by Crippen LogP contribution is 2.27. The molecule has 1 aromatic rings. The molecular formula is C13H22ClN3O2. The molecule has 0 fully saturated rings. The zero-order chi connectivity index (χ0) is 14.8. The van der Waals surface area contributed by atoms with Crippen LogP contribution in [-0.2, 0) is 4.79 Å². The molecular weight excluding hydrogens is 266 g/mol. The molecule has 1 rings (SSSR count). The van der Waals surface area contributed by atoms with Gasteiger partial charge < -0.3 is 10.4 Å². The van der Waals surface area contributed by atoms with Gasteiger partial charge in [0, 0.05) is 0 Å². The molecule has 0 bridgehead atoms. The van der Waals surface area contributed by atoms with Crippen molar-refractivity contribution < 1.29 is 9.90 Å². The van der Waals surface area contributed by atoms with Gasteiger partial charge in [0.15, 0.2) is 0 Å². The third-order valence-electron chi connectivity index (χ3n) is 3.40. The molecule has 0 saturated heterocycles. The molecule has 0 spiro atoms. The molecule has 0 aliphatic heterocycles. The van der Waals surface area contributed by atoms with Gasteiger partial charge in [-0.1, -0.05) is 18.5 Å². The van der Waals surface area contributed by atoms with Crippen molar-refractivity contribution in [2.75, 3.05) is 6.54 Å². The number of aryl methyl sites for hydroxylation is 1. The lowest BCUT2D eigenvalue weighted by Gasteiger charge is -2.29. The van der Waals surface area contributed by atoms with E-state index in [4.69, 9.17) is 11.6 Å².